The number of nitrogens with one attached hydrogen (secondary N) is 1. The van der Waals surface area contributed by atoms with Gasteiger partial charge in [-0.05, 0) is 78.6 Å². The lowest BCUT2D eigenvalue weighted by Gasteiger charge is -2.26. The number of anilines is 1. The molecule has 0 saturated carbocycles. The Labute approximate surface area is 211 Å². The number of carbonyl (C=O) groups is 4. The minimum absolute atomic E-state index is 0.161. The Hall–Kier alpha value is -4.43. The summed E-state index contributed by atoms with van der Waals surface area (Å²) in [4.78, 5) is 49.9. The first-order valence-corrected chi connectivity index (χ1v) is 11.2. The van der Waals surface area contributed by atoms with Crippen molar-refractivity contribution in [3.05, 3.63) is 99.1 Å². The third-order valence-corrected chi connectivity index (χ3v) is 6.01. The highest BCUT2D eigenvalue weighted by Crippen LogP contribution is 2.29. The molecule has 1 heterocycles. The first-order valence-electron chi connectivity index (χ1n) is 10.9. The summed E-state index contributed by atoms with van der Waals surface area (Å²) in [5, 5.41) is 11.4. The number of benzene rings is 3. The molecule has 1 aliphatic heterocycles. The molecule has 182 valence electrons. The largest absolute Gasteiger partial charge is 0.487 e. The van der Waals surface area contributed by atoms with Crippen molar-refractivity contribution in [1.29, 1.82) is 0 Å². The lowest BCUT2D eigenvalue weighted by molar-refractivity contribution is -0.122. The molecule has 8 nitrogen and oxygen atoms in total. The van der Waals surface area contributed by atoms with Gasteiger partial charge >= 0.3 is 12.0 Å². The molecule has 2 N–H and O–H groups in total. The molecule has 1 saturated heterocycles. The first kappa shape index (κ1) is 24.7. The third-order valence-electron chi connectivity index (χ3n) is 5.71. The van der Waals surface area contributed by atoms with Crippen LogP contribution in [-0.4, -0.2) is 28.9 Å². The Kier molecular flexibility index (Phi) is 6.89. The highest BCUT2D eigenvalue weighted by Gasteiger charge is 2.36. The molecule has 36 heavy (non-hydrogen) atoms. The molecule has 0 unspecified atom stereocenters. The summed E-state index contributed by atoms with van der Waals surface area (Å²) in [6.45, 7) is 3.94. The second-order valence-corrected chi connectivity index (χ2v) is 8.61. The van der Waals surface area contributed by atoms with Gasteiger partial charge in [0.05, 0.1) is 16.3 Å². The lowest BCUT2D eigenvalue weighted by Crippen LogP contribution is -2.54. The molecule has 0 aromatic heterocycles. The second kappa shape index (κ2) is 10.1. The molecule has 1 fully saturated rings. The number of nitrogens with zero attached hydrogens (tertiary/aromatic N) is 1. The predicted octanol–water partition coefficient (Wildman–Crippen LogP) is 4.90. The molecule has 3 aromatic rings. The fraction of sp³-hybridized carbons (Fsp3) is 0.111. The fourth-order valence-electron chi connectivity index (χ4n) is 3.55. The van der Waals surface area contributed by atoms with Crippen molar-refractivity contribution in [2.75, 3.05) is 4.90 Å². The van der Waals surface area contributed by atoms with Crippen LogP contribution in [0.5, 0.6) is 5.75 Å². The average Bonchev–Trinajstić information content (AvgIpc) is 2.83. The van der Waals surface area contributed by atoms with Crippen molar-refractivity contribution in [3.63, 3.8) is 0 Å². The highest BCUT2D eigenvalue weighted by molar-refractivity contribution is 6.39. The number of ether oxygens (including phenoxy) is 1. The zero-order chi connectivity index (χ0) is 26.0. The van der Waals surface area contributed by atoms with Crippen molar-refractivity contribution in [1.82, 2.24) is 5.32 Å². The normalized spacial score (nSPS) is 14.7. The summed E-state index contributed by atoms with van der Waals surface area (Å²) >= 11 is 6.35. The van der Waals surface area contributed by atoms with Gasteiger partial charge in [-0.1, -0.05) is 35.9 Å². The van der Waals surface area contributed by atoms with Crippen LogP contribution >= 0.6 is 11.6 Å². The van der Waals surface area contributed by atoms with E-state index in [9.17, 15) is 19.2 Å². The number of carboxylic acid groups (broad SMARTS) is 1. The van der Waals surface area contributed by atoms with E-state index in [1.54, 1.807) is 42.5 Å². The number of carbonyl (C=O) groups excluding carboxylic acids is 3. The highest BCUT2D eigenvalue weighted by atomic mass is 35.5. The molecule has 4 amide bonds. The monoisotopic (exact) mass is 504 g/mol. The maximum absolute atomic E-state index is 13.1. The van der Waals surface area contributed by atoms with Crippen LogP contribution in [0, 0.1) is 13.8 Å². The number of carboxylic acids is 1. The maximum atomic E-state index is 13.1. The number of imide groups is 2. The smallest absolute Gasteiger partial charge is 0.335 e. The van der Waals surface area contributed by atoms with Crippen LogP contribution in [0.4, 0.5) is 10.5 Å². The van der Waals surface area contributed by atoms with Gasteiger partial charge < -0.3 is 9.84 Å². The number of aromatic carboxylic acids is 1. The van der Waals surface area contributed by atoms with Crippen molar-refractivity contribution < 1.29 is 29.0 Å². The number of barbiturate groups is 1. The number of halogens is 1. The Morgan fingerprint density at radius 1 is 1.00 bits per heavy atom. The summed E-state index contributed by atoms with van der Waals surface area (Å²) in [6, 6.07) is 15.3. The third kappa shape index (κ3) is 5.13. The molecule has 0 spiro atoms. The van der Waals surface area contributed by atoms with E-state index in [0.717, 1.165) is 21.6 Å². The zero-order valence-electron chi connectivity index (χ0n) is 19.4. The molecule has 9 heteroatoms. The molecule has 0 aliphatic carbocycles. The average molecular weight is 505 g/mol. The van der Waals surface area contributed by atoms with Gasteiger partial charge in [-0.3, -0.25) is 14.9 Å². The van der Waals surface area contributed by atoms with E-state index in [1.807, 2.05) is 13.8 Å². The second-order valence-electron chi connectivity index (χ2n) is 8.21. The summed E-state index contributed by atoms with van der Waals surface area (Å²) in [5.74, 6) is -2.19. The van der Waals surface area contributed by atoms with Gasteiger partial charge in [0.25, 0.3) is 11.8 Å². The topological polar surface area (TPSA) is 113 Å². The minimum Gasteiger partial charge on any atom is -0.487 e. The molecular weight excluding hydrogens is 484 g/mol. The quantitative estimate of drug-likeness (QED) is 0.364. The van der Waals surface area contributed by atoms with E-state index in [4.69, 9.17) is 21.4 Å². The van der Waals surface area contributed by atoms with Crippen LogP contribution in [0.3, 0.4) is 0 Å². The SMILES string of the molecule is Cc1ccc(N2C(=O)NC(=O)/C(=C\c3ccc(OCc4ccc(C(=O)O)cc4)c(Cl)c3)C2=O)cc1C. The lowest BCUT2D eigenvalue weighted by atomic mass is 10.0. The van der Waals surface area contributed by atoms with E-state index in [1.165, 1.54) is 24.3 Å². The standard InChI is InChI=1S/C27H21ClN2O6/c1-15-3-9-20(11-16(15)2)30-25(32)21(24(31)29-27(30)35)12-18-6-10-23(22(28)13-18)36-14-17-4-7-19(8-5-17)26(33)34/h3-13H,14H2,1-2H3,(H,33,34)(H,29,31,35)/b21-12+. The minimum atomic E-state index is -1.01. The van der Waals surface area contributed by atoms with Gasteiger partial charge in [0, 0.05) is 0 Å². The first-order chi connectivity index (χ1) is 17.1. The van der Waals surface area contributed by atoms with E-state index < -0.39 is 23.8 Å². The number of urea groups is 1. The number of amides is 4. The Bertz CT molecular complexity index is 1430. The van der Waals surface area contributed by atoms with E-state index in [-0.39, 0.29) is 22.8 Å². The van der Waals surface area contributed by atoms with Gasteiger partial charge in [0.1, 0.15) is 17.9 Å². The maximum Gasteiger partial charge on any atom is 0.335 e. The predicted molar refractivity (Wildman–Crippen MR) is 134 cm³/mol. The summed E-state index contributed by atoms with van der Waals surface area (Å²) in [5.41, 5.74) is 3.44. The number of hydrogen-bond acceptors (Lipinski definition) is 5. The molecule has 4 rings (SSSR count). The van der Waals surface area contributed by atoms with E-state index >= 15 is 0 Å². The van der Waals surface area contributed by atoms with Crippen LogP contribution in [0.15, 0.2) is 66.2 Å². The van der Waals surface area contributed by atoms with Crippen molar-refractivity contribution in [2.24, 2.45) is 0 Å². The summed E-state index contributed by atoms with van der Waals surface area (Å²) in [7, 11) is 0. The van der Waals surface area contributed by atoms with Crippen molar-refractivity contribution in [2.45, 2.75) is 20.5 Å². The van der Waals surface area contributed by atoms with Crippen molar-refractivity contribution in [3.8, 4) is 5.75 Å². The van der Waals surface area contributed by atoms with Crippen LogP contribution in [-0.2, 0) is 16.2 Å². The van der Waals surface area contributed by atoms with Crippen LogP contribution in [0.2, 0.25) is 5.02 Å². The molecule has 0 radical (unpaired) electrons. The van der Waals surface area contributed by atoms with Crippen LogP contribution < -0.4 is 15.0 Å². The fourth-order valence-corrected chi connectivity index (χ4v) is 3.80. The summed E-state index contributed by atoms with van der Waals surface area (Å²) in [6.07, 6.45) is 1.36. The number of rotatable bonds is 6. The van der Waals surface area contributed by atoms with Gasteiger partial charge in [0.15, 0.2) is 0 Å². The Morgan fingerprint density at radius 2 is 1.72 bits per heavy atom. The zero-order valence-corrected chi connectivity index (χ0v) is 20.1. The molecule has 1 aliphatic rings. The van der Waals surface area contributed by atoms with E-state index in [2.05, 4.69) is 5.32 Å². The molecule has 0 bridgehead atoms. The molecule has 3 aromatic carbocycles. The summed E-state index contributed by atoms with van der Waals surface area (Å²) < 4.78 is 5.72. The van der Waals surface area contributed by atoms with Gasteiger partial charge in [-0.2, -0.15) is 0 Å². The number of hydrogen-bond donors (Lipinski definition) is 2. The Balaban J connectivity index is 1.53. The van der Waals surface area contributed by atoms with Gasteiger partial charge in [-0.15, -0.1) is 0 Å². The molecular formula is C27H21ClN2O6. The van der Waals surface area contributed by atoms with Crippen molar-refractivity contribution >= 4 is 47.2 Å². The molecule has 0 atom stereocenters. The van der Waals surface area contributed by atoms with E-state index in [0.29, 0.717) is 17.0 Å². The Morgan fingerprint density at radius 3 is 2.36 bits per heavy atom. The van der Waals surface area contributed by atoms with Crippen LogP contribution in [0.1, 0.15) is 32.6 Å². The van der Waals surface area contributed by atoms with Gasteiger partial charge in [0.2, 0.25) is 0 Å². The van der Waals surface area contributed by atoms with Crippen LogP contribution in [0.25, 0.3) is 6.08 Å². The number of aryl methyl sites for hydroxylation is 2. The van der Waals surface area contributed by atoms with Gasteiger partial charge in [-0.25, -0.2) is 14.5 Å².